The Labute approximate surface area is 160 Å². The molecule has 3 amide bonds. The first-order valence-electron chi connectivity index (χ1n) is 8.23. The van der Waals surface area contributed by atoms with Gasteiger partial charge in [0.15, 0.2) is 0 Å². The Hall–Kier alpha value is -3.47. The number of rotatable bonds is 11. The fraction of sp³-hybridized carbons (Fsp3) is 0.353. The van der Waals surface area contributed by atoms with Crippen molar-refractivity contribution >= 4 is 29.7 Å². The molecule has 0 radical (unpaired) electrons. The maximum absolute atomic E-state index is 12.3. The fourth-order valence-corrected chi connectivity index (χ4v) is 2.30. The van der Waals surface area contributed by atoms with Crippen LogP contribution in [0.2, 0.25) is 0 Å². The molecule has 0 aliphatic heterocycles. The molecule has 1 aromatic carbocycles. The van der Waals surface area contributed by atoms with Crippen LogP contribution >= 0.6 is 0 Å². The summed E-state index contributed by atoms with van der Waals surface area (Å²) in [4.78, 5) is 57.5. The van der Waals surface area contributed by atoms with Crippen LogP contribution < -0.4 is 22.1 Å². The highest BCUT2D eigenvalue weighted by Crippen LogP contribution is 2.03. The molecule has 3 unspecified atom stereocenters. The van der Waals surface area contributed by atoms with Gasteiger partial charge in [-0.15, -0.1) is 0 Å². The SMILES string of the molecule is NC(=O)CC(NC(=O)C(N)Cc1ccccc1)C(=O)NC(CC(=O)O)C(=O)O. The summed E-state index contributed by atoms with van der Waals surface area (Å²) in [6, 6.07) is 4.54. The van der Waals surface area contributed by atoms with Crippen LogP contribution in [0.25, 0.3) is 0 Å². The minimum atomic E-state index is -1.74. The molecule has 0 bridgehead atoms. The standard InChI is InChI=1S/C17H22N4O7/c18-10(6-9-4-2-1-3-5-9)15(25)20-11(7-13(19)22)16(26)21-12(17(27)28)8-14(23)24/h1-5,10-12H,6-8,18H2,(H2,19,22)(H,20,25)(H,21,26)(H,23,24)(H,27,28). The number of carbonyl (C=O) groups excluding carboxylic acids is 3. The summed E-state index contributed by atoms with van der Waals surface area (Å²) in [5, 5.41) is 21.9. The van der Waals surface area contributed by atoms with Crippen LogP contribution in [0.3, 0.4) is 0 Å². The van der Waals surface area contributed by atoms with Crippen molar-refractivity contribution in [1.82, 2.24) is 10.6 Å². The number of nitrogens with two attached hydrogens (primary N) is 2. The van der Waals surface area contributed by atoms with Crippen LogP contribution in [0.5, 0.6) is 0 Å². The van der Waals surface area contributed by atoms with E-state index in [0.717, 1.165) is 5.56 Å². The van der Waals surface area contributed by atoms with E-state index in [2.05, 4.69) is 5.32 Å². The Balaban J connectivity index is 2.81. The molecular weight excluding hydrogens is 372 g/mol. The van der Waals surface area contributed by atoms with Crippen LogP contribution in [0.1, 0.15) is 18.4 Å². The monoisotopic (exact) mass is 394 g/mol. The number of hydrogen-bond acceptors (Lipinski definition) is 6. The van der Waals surface area contributed by atoms with E-state index >= 15 is 0 Å². The van der Waals surface area contributed by atoms with Gasteiger partial charge in [0, 0.05) is 0 Å². The van der Waals surface area contributed by atoms with Gasteiger partial charge < -0.3 is 32.3 Å². The van der Waals surface area contributed by atoms with E-state index in [1.807, 2.05) is 5.32 Å². The Kier molecular flexibility index (Phi) is 8.56. The second-order valence-electron chi connectivity index (χ2n) is 6.03. The van der Waals surface area contributed by atoms with Crippen molar-refractivity contribution in [2.45, 2.75) is 37.4 Å². The van der Waals surface area contributed by atoms with E-state index in [9.17, 15) is 24.0 Å². The second-order valence-corrected chi connectivity index (χ2v) is 6.03. The number of carboxylic acids is 2. The normalized spacial score (nSPS) is 13.6. The number of amides is 3. The zero-order valence-corrected chi connectivity index (χ0v) is 14.8. The highest BCUT2D eigenvalue weighted by molar-refractivity contribution is 5.95. The fourth-order valence-electron chi connectivity index (χ4n) is 2.30. The van der Waals surface area contributed by atoms with Gasteiger partial charge in [0.25, 0.3) is 0 Å². The number of carboxylic acid groups (broad SMARTS) is 2. The molecule has 28 heavy (non-hydrogen) atoms. The van der Waals surface area contributed by atoms with Crippen LogP contribution in [0.4, 0.5) is 0 Å². The Morgan fingerprint density at radius 2 is 1.46 bits per heavy atom. The Bertz CT molecular complexity index is 738. The van der Waals surface area contributed by atoms with Crippen molar-refractivity contribution in [3.8, 4) is 0 Å². The summed E-state index contributed by atoms with van der Waals surface area (Å²) in [5.41, 5.74) is 11.6. The maximum atomic E-state index is 12.3. The Morgan fingerprint density at radius 1 is 0.893 bits per heavy atom. The number of nitrogens with one attached hydrogen (secondary N) is 2. The van der Waals surface area contributed by atoms with Crippen molar-refractivity contribution in [3.63, 3.8) is 0 Å². The van der Waals surface area contributed by atoms with E-state index in [0.29, 0.717) is 0 Å². The van der Waals surface area contributed by atoms with Crippen molar-refractivity contribution in [2.75, 3.05) is 0 Å². The average molecular weight is 394 g/mol. The summed E-state index contributed by atoms with van der Waals surface area (Å²) in [7, 11) is 0. The molecular formula is C17H22N4O7. The van der Waals surface area contributed by atoms with Gasteiger partial charge in [-0.2, -0.15) is 0 Å². The molecule has 0 spiro atoms. The molecule has 0 aliphatic carbocycles. The molecule has 0 saturated carbocycles. The topological polar surface area (TPSA) is 202 Å². The molecule has 3 atom stereocenters. The molecule has 152 valence electrons. The zero-order chi connectivity index (χ0) is 21.3. The van der Waals surface area contributed by atoms with Crippen molar-refractivity contribution < 1.29 is 34.2 Å². The van der Waals surface area contributed by atoms with E-state index in [1.165, 1.54) is 0 Å². The molecule has 11 nitrogen and oxygen atoms in total. The van der Waals surface area contributed by atoms with Gasteiger partial charge in [0.05, 0.1) is 18.9 Å². The number of primary amides is 1. The van der Waals surface area contributed by atoms with Crippen LogP contribution in [-0.2, 0) is 30.4 Å². The van der Waals surface area contributed by atoms with Gasteiger partial charge in [-0.25, -0.2) is 4.79 Å². The zero-order valence-electron chi connectivity index (χ0n) is 14.8. The first kappa shape index (κ1) is 22.6. The predicted molar refractivity (Wildman–Crippen MR) is 95.7 cm³/mol. The third-order valence-electron chi connectivity index (χ3n) is 3.67. The van der Waals surface area contributed by atoms with Crippen LogP contribution in [0, 0.1) is 0 Å². The van der Waals surface area contributed by atoms with Gasteiger partial charge in [-0.1, -0.05) is 30.3 Å². The average Bonchev–Trinajstić information content (AvgIpc) is 2.60. The lowest BCUT2D eigenvalue weighted by Crippen LogP contribution is -2.56. The number of benzene rings is 1. The number of aliphatic carboxylic acids is 2. The summed E-state index contributed by atoms with van der Waals surface area (Å²) in [6.07, 6.45) is -1.34. The second kappa shape index (κ2) is 10.6. The third-order valence-corrected chi connectivity index (χ3v) is 3.67. The van der Waals surface area contributed by atoms with Gasteiger partial charge in [0.2, 0.25) is 17.7 Å². The highest BCUT2D eigenvalue weighted by atomic mass is 16.4. The van der Waals surface area contributed by atoms with Crippen LogP contribution in [0.15, 0.2) is 30.3 Å². The van der Waals surface area contributed by atoms with E-state index in [-0.39, 0.29) is 6.42 Å². The Morgan fingerprint density at radius 3 is 1.96 bits per heavy atom. The lowest BCUT2D eigenvalue weighted by atomic mass is 10.0. The minimum Gasteiger partial charge on any atom is -0.481 e. The largest absolute Gasteiger partial charge is 0.481 e. The molecule has 11 heteroatoms. The van der Waals surface area contributed by atoms with Crippen molar-refractivity contribution in [2.24, 2.45) is 11.5 Å². The molecule has 0 saturated heterocycles. The van der Waals surface area contributed by atoms with Crippen molar-refractivity contribution in [1.29, 1.82) is 0 Å². The molecule has 8 N–H and O–H groups in total. The van der Waals surface area contributed by atoms with Gasteiger partial charge >= 0.3 is 11.9 Å². The van der Waals surface area contributed by atoms with E-state index in [1.54, 1.807) is 30.3 Å². The third kappa shape index (κ3) is 7.83. The lowest BCUT2D eigenvalue weighted by molar-refractivity contribution is -0.147. The number of carbonyl (C=O) groups is 5. The van der Waals surface area contributed by atoms with Gasteiger partial charge in [0.1, 0.15) is 12.1 Å². The van der Waals surface area contributed by atoms with Gasteiger partial charge in [-0.05, 0) is 12.0 Å². The molecule has 0 aromatic heterocycles. The molecule has 0 fully saturated rings. The first-order chi connectivity index (χ1) is 13.1. The lowest BCUT2D eigenvalue weighted by Gasteiger charge is -2.21. The first-order valence-corrected chi connectivity index (χ1v) is 8.23. The van der Waals surface area contributed by atoms with E-state index in [4.69, 9.17) is 21.7 Å². The molecule has 1 aromatic rings. The summed E-state index contributed by atoms with van der Waals surface area (Å²) >= 11 is 0. The predicted octanol–water partition coefficient (Wildman–Crippen LogP) is -2.04. The van der Waals surface area contributed by atoms with Crippen LogP contribution in [-0.4, -0.2) is 58.0 Å². The smallest absolute Gasteiger partial charge is 0.326 e. The number of hydrogen-bond donors (Lipinski definition) is 6. The molecule has 1 rings (SSSR count). The summed E-state index contributed by atoms with van der Waals surface area (Å²) in [5.74, 6) is -5.78. The quantitative estimate of drug-likeness (QED) is 0.246. The van der Waals surface area contributed by atoms with E-state index < -0.39 is 60.6 Å². The summed E-state index contributed by atoms with van der Waals surface area (Å²) < 4.78 is 0. The molecule has 0 aliphatic rings. The van der Waals surface area contributed by atoms with Gasteiger partial charge in [-0.3, -0.25) is 19.2 Å². The van der Waals surface area contributed by atoms with Crippen molar-refractivity contribution in [3.05, 3.63) is 35.9 Å². The summed E-state index contributed by atoms with van der Waals surface area (Å²) in [6.45, 7) is 0. The minimum absolute atomic E-state index is 0.161. The highest BCUT2D eigenvalue weighted by Gasteiger charge is 2.30. The maximum Gasteiger partial charge on any atom is 0.326 e. The molecule has 0 heterocycles.